The number of amides is 1. The van der Waals surface area contributed by atoms with Crippen LogP contribution in [-0.2, 0) is 4.79 Å². The molecule has 22 heavy (non-hydrogen) atoms. The maximum Gasteiger partial charge on any atom is 0.227 e. The number of nitrogens with one attached hydrogen (secondary N) is 2. The topological polar surface area (TPSA) is 70.6 Å². The van der Waals surface area contributed by atoms with Gasteiger partial charge in [0.25, 0.3) is 0 Å². The number of halogens is 1. The average molecular weight is 329 g/mol. The molecule has 0 aliphatic carbocycles. The summed E-state index contributed by atoms with van der Waals surface area (Å²) in [6.45, 7) is 3.85. The highest BCUT2D eigenvalue weighted by atomic mass is 35.5. The van der Waals surface area contributed by atoms with Crippen molar-refractivity contribution < 1.29 is 14.6 Å². The number of aliphatic hydroxyl groups is 1. The van der Waals surface area contributed by atoms with E-state index >= 15 is 0 Å². The minimum atomic E-state index is -0.708. The molecular formula is C16H25ClN2O3. The Balaban J connectivity index is 0.00000242. The van der Waals surface area contributed by atoms with Gasteiger partial charge in [-0.05, 0) is 44.0 Å². The molecule has 0 saturated carbocycles. The van der Waals surface area contributed by atoms with Crippen molar-refractivity contribution in [2.24, 2.45) is 5.41 Å². The van der Waals surface area contributed by atoms with Crippen molar-refractivity contribution in [1.82, 2.24) is 10.6 Å². The van der Waals surface area contributed by atoms with Gasteiger partial charge in [-0.25, -0.2) is 0 Å². The van der Waals surface area contributed by atoms with Gasteiger partial charge in [-0.3, -0.25) is 4.79 Å². The lowest BCUT2D eigenvalue weighted by Gasteiger charge is -2.32. The molecule has 1 aliphatic rings. The van der Waals surface area contributed by atoms with Crippen LogP contribution >= 0.6 is 12.4 Å². The zero-order valence-electron chi connectivity index (χ0n) is 13.1. The zero-order chi connectivity index (χ0) is 15.3. The molecule has 1 aromatic rings. The van der Waals surface area contributed by atoms with E-state index in [1.807, 2.05) is 6.92 Å². The van der Waals surface area contributed by atoms with E-state index in [9.17, 15) is 9.90 Å². The van der Waals surface area contributed by atoms with Crippen LogP contribution in [0.3, 0.4) is 0 Å². The second-order valence-corrected chi connectivity index (χ2v) is 5.84. The van der Waals surface area contributed by atoms with Gasteiger partial charge >= 0.3 is 0 Å². The van der Waals surface area contributed by atoms with Crippen LogP contribution < -0.4 is 15.4 Å². The predicted molar refractivity (Wildman–Crippen MR) is 88.4 cm³/mol. The normalized spacial score (nSPS) is 22.3. The number of hydrogen-bond acceptors (Lipinski definition) is 4. The molecule has 5 nitrogen and oxygen atoms in total. The van der Waals surface area contributed by atoms with Crippen molar-refractivity contribution in [2.45, 2.75) is 25.9 Å². The number of rotatable bonds is 5. The molecule has 1 aliphatic heterocycles. The Hall–Kier alpha value is -1.30. The third-order valence-electron chi connectivity index (χ3n) is 4.10. The predicted octanol–water partition coefficient (Wildman–Crippen LogP) is 1.66. The molecule has 124 valence electrons. The Morgan fingerprint density at radius 3 is 2.68 bits per heavy atom. The molecule has 1 saturated heterocycles. The fraction of sp³-hybridized carbons (Fsp3) is 0.562. The molecule has 0 spiro atoms. The van der Waals surface area contributed by atoms with Crippen LogP contribution in [0.15, 0.2) is 24.3 Å². The van der Waals surface area contributed by atoms with Crippen LogP contribution in [0.2, 0.25) is 0 Å². The Kier molecular flexibility index (Phi) is 7.13. The zero-order valence-corrected chi connectivity index (χ0v) is 13.9. The molecule has 2 rings (SSSR count). The summed E-state index contributed by atoms with van der Waals surface area (Å²) in [4.78, 5) is 12.3. The van der Waals surface area contributed by atoms with Gasteiger partial charge in [0.2, 0.25) is 5.91 Å². The summed E-state index contributed by atoms with van der Waals surface area (Å²) in [6, 6.07) is 7.21. The van der Waals surface area contributed by atoms with Crippen LogP contribution in [-0.4, -0.2) is 37.8 Å². The van der Waals surface area contributed by atoms with Crippen molar-refractivity contribution in [2.75, 3.05) is 26.7 Å². The number of ether oxygens (including phenoxy) is 1. The van der Waals surface area contributed by atoms with Gasteiger partial charge < -0.3 is 20.5 Å². The molecule has 2 unspecified atom stereocenters. The number of hydrogen-bond donors (Lipinski definition) is 3. The first kappa shape index (κ1) is 18.7. The lowest BCUT2D eigenvalue weighted by Crippen LogP contribution is -2.49. The van der Waals surface area contributed by atoms with Gasteiger partial charge in [0.15, 0.2) is 0 Å². The standard InChI is InChI=1S/C16H24N2O3.ClH/c1-16(8-3-9-17-11-16)15(20)18-10-14(19)12-4-6-13(21-2)7-5-12;/h4-7,14,17,19H,3,8-11H2,1-2H3,(H,18,20);1H. The summed E-state index contributed by atoms with van der Waals surface area (Å²) >= 11 is 0. The minimum absolute atomic E-state index is 0. The SMILES string of the molecule is COc1ccc(C(O)CNC(=O)C2(C)CCCNC2)cc1.Cl. The molecule has 1 amide bonds. The Bertz CT molecular complexity index is 473. The van der Waals surface area contributed by atoms with E-state index in [0.29, 0.717) is 6.54 Å². The minimum Gasteiger partial charge on any atom is -0.497 e. The van der Waals surface area contributed by atoms with E-state index in [2.05, 4.69) is 10.6 Å². The lowest BCUT2D eigenvalue weighted by molar-refractivity contribution is -0.131. The molecule has 0 aromatic heterocycles. The van der Waals surface area contributed by atoms with Gasteiger partial charge in [0, 0.05) is 13.1 Å². The summed E-state index contributed by atoms with van der Waals surface area (Å²) in [5.74, 6) is 0.748. The van der Waals surface area contributed by atoms with Gasteiger partial charge in [0.05, 0.1) is 18.6 Å². The second-order valence-electron chi connectivity index (χ2n) is 5.84. The monoisotopic (exact) mass is 328 g/mol. The highest BCUT2D eigenvalue weighted by Gasteiger charge is 2.34. The highest BCUT2D eigenvalue weighted by molar-refractivity contribution is 5.85. The molecule has 1 aromatic carbocycles. The van der Waals surface area contributed by atoms with Crippen LogP contribution in [0.25, 0.3) is 0 Å². The molecule has 0 bridgehead atoms. The smallest absolute Gasteiger partial charge is 0.227 e. The van der Waals surface area contributed by atoms with E-state index in [0.717, 1.165) is 30.7 Å². The maximum atomic E-state index is 12.3. The van der Waals surface area contributed by atoms with Crippen LogP contribution in [0.1, 0.15) is 31.4 Å². The van der Waals surface area contributed by atoms with Crippen molar-refractivity contribution in [3.8, 4) is 5.75 Å². The molecule has 2 atom stereocenters. The first-order valence-corrected chi connectivity index (χ1v) is 7.36. The van der Waals surface area contributed by atoms with E-state index in [1.165, 1.54) is 0 Å². The molecule has 1 fully saturated rings. The number of methoxy groups -OCH3 is 1. The first-order chi connectivity index (χ1) is 10.0. The number of benzene rings is 1. The fourth-order valence-corrected chi connectivity index (χ4v) is 2.60. The quantitative estimate of drug-likeness (QED) is 0.768. The summed E-state index contributed by atoms with van der Waals surface area (Å²) in [7, 11) is 1.60. The van der Waals surface area contributed by atoms with E-state index in [4.69, 9.17) is 4.74 Å². The van der Waals surface area contributed by atoms with Crippen molar-refractivity contribution in [3.63, 3.8) is 0 Å². The maximum absolute atomic E-state index is 12.3. The largest absolute Gasteiger partial charge is 0.497 e. The molecule has 6 heteroatoms. The lowest BCUT2D eigenvalue weighted by atomic mass is 9.82. The Morgan fingerprint density at radius 1 is 1.45 bits per heavy atom. The molecular weight excluding hydrogens is 304 g/mol. The molecule has 3 N–H and O–H groups in total. The summed E-state index contributed by atoms with van der Waals surface area (Å²) in [5.41, 5.74) is 0.390. The van der Waals surface area contributed by atoms with Gasteiger partial charge in [0.1, 0.15) is 5.75 Å². The summed E-state index contributed by atoms with van der Waals surface area (Å²) < 4.78 is 5.08. The Morgan fingerprint density at radius 2 is 2.14 bits per heavy atom. The third-order valence-corrected chi connectivity index (χ3v) is 4.10. The van der Waals surface area contributed by atoms with Crippen molar-refractivity contribution >= 4 is 18.3 Å². The van der Waals surface area contributed by atoms with E-state index in [1.54, 1.807) is 31.4 Å². The van der Waals surface area contributed by atoms with Crippen molar-refractivity contribution in [1.29, 1.82) is 0 Å². The van der Waals surface area contributed by atoms with E-state index < -0.39 is 6.10 Å². The number of aliphatic hydroxyl groups excluding tert-OH is 1. The summed E-state index contributed by atoms with van der Waals surface area (Å²) in [5, 5.41) is 16.3. The van der Waals surface area contributed by atoms with Crippen LogP contribution in [0.4, 0.5) is 0 Å². The first-order valence-electron chi connectivity index (χ1n) is 7.36. The van der Waals surface area contributed by atoms with Crippen molar-refractivity contribution in [3.05, 3.63) is 29.8 Å². The number of carbonyl (C=O) groups excluding carboxylic acids is 1. The highest BCUT2D eigenvalue weighted by Crippen LogP contribution is 2.25. The van der Waals surface area contributed by atoms with Gasteiger partial charge in [-0.15, -0.1) is 12.4 Å². The van der Waals surface area contributed by atoms with Crippen LogP contribution in [0, 0.1) is 5.41 Å². The fourth-order valence-electron chi connectivity index (χ4n) is 2.60. The van der Waals surface area contributed by atoms with Gasteiger partial charge in [-0.1, -0.05) is 12.1 Å². The van der Waals surface area contributed by atoms with Gasteiger partial charge in [-0.2, -0.15) is 0 Å². The second kappa shape index (κ2) is 8.36. The third kappa shape index (κ3) is 4.60. The van der Waals surface area contributed by atoms with Crippen LogP contribution in [0.5, 0.6) is 5.75 Å². The summed E-state index contributed by atoms with van der Waals surface area (Å²) in [6.07, 6.45) is 1.18. The van der Waals surface area contributed by atoms with E-state index in [-0.39, 0.29) is 30.3 Å². The average Bonchev–Trinajstić information content (AvgIpc) is 2.53. The number of piperidine rings is 1. The Labute approximate surface area is 137 Å². The molecule has 0 radical (unpaired) electrons. The number of carbonyl (C=O) groups is 1. The molecule has 1 heterocycles.